The Kier molecular flexibility index (Phi) is 2.98. The SMILES string of the molecule is Cn1nnc(CN2CCC(CCl)C2)n1. The van der Waals surface area contributed by atoms with Gasteiger partial charge in [0.05, 0.1) is 13.6 Å². The van der Waals surface area contributed by atoms with E-state index in [-0.39, 0.29) is 0 Å². The highest BCUT2D eigenvalue weighted by atomic mass is 35.5. The van der Waals surface area contributed by atoms with Gasteiger partial charge in [-0.1, -0.05) is 0 Å². The van der Waals surface area contributed by atoms with E-state index in [0.717, 1.165) is 31.3 Å². The van der Waals surface area contributed by atoms with Gasteiger partial charge in [-0.15, -0.1) is 21.8 Å². The molecule has 0 radical (unpaired) electrons. The topological polar surface area (TPSA) is 46.8 Å². The number of rotatable bonds is 3. The van der Waals surface area contributed by atoms with Crippen molar-refractivity contribution in [2.75, 3.05) is 19.0 Å². The maximum Gasteiger partial charge on any atom is 0.188 e. The van der Waals surface area contributed by atoms with Gasteiger partial charge >= 0.3 is 0 Å². The van der Waals surface area contributed by atoms with Gasteiger partial charge in [0.15, 0.2) is 5.82 Å². The molecule has 6 heteroatoms. The minimum Gasteiger partial charge on any atom is -0.295 e. The fourth-order valence-corrected chi connectivity index (χ4v) is 2.02. The molecule has 2 heterocycles. The second-order valence-electron chi connectivity index (χ2n) is 3.74. The van der Waals surface area contributed by atoms with Crippen LogP contribution in [0.1, 0.15) is 12.2 Å². The molecule has 0 N–H and O–H groups in total. The van der Waals surface area contributed by atoms with Crippen LogP contribution in [0.25, 0.3) is 0 Å². The van der Waals surface area contributed by atoms with Crippen LogP contribution in [0.3, 0.4) is 0 Å². The van der Waals surface area contributed by atoms with Gasteiger partial charge in [0.2, 0.25) is 0 Å². The molecule has 0 saturated carbocycles. The van der Waals surface area contributed by atoms with E-state index in [4.69, 9.17) is 11.6 Å². The van der Waals surface area contributed by atoms with Crippen LogP contribution in [-0.2, 0) is 13.6 Å². The molecule has 14 heavy (non-hydrogen) atoms. The number of tetrazole rings is 1. The number of halogens is 1. The maximum atomic E-state index is 5.81. The summed E-state index contributed by atoms with van der Waals surface area (Å²) in [5.74, 6) is 2.18. The van der Waals surface area contributed by atoms with Crippen LogP contribution in [0.5, 0.6) is 0 Å². The lowest BCUT2D eigenvalue weighted by Crippen LogP contribution is -2.21. The van der Waals surface area contributed by atoms with E-state index in [1.807, 2.05) is 0 Å². The molecule has 1 aromatic heterocycles. The van der Waals surface area contributed by atoms with E-state index < -0.39 is 0 Å². The maximum absolute atomic E-state index is 5.81. The minimum absolute atomic E-state index is 0.633. The zero-order valence-corrected chi connectivity index (χ0v) is 8.98. The van der Waals surface area contributed by atoms with Crippen LogP contribution in [0.15, 0.2) is 0 Å². The van der Waals surface area contributed by atoms with Crippen molar-refractivity contribution in [3.8, 4) is 0 Å². The second kappa shape index (κ2) is 4.23. The van der Waals surface area contributed by atoms with Crippen molar-refractivity contribution in [1.82, 2.24) is 25.1 Å². The van der Waals surface area contributed by atoms with Gasteiger partial charge < -0.3 is 0 Å². The monoisotopic (exact) mass is 215 g/mol. The molecular weight excluding hydrogens is 202 g/mol. The van der Waals surface area contributed by atoms with E-state index in [0.29, 0.717) is 5.92 Å². The molecule has 78 valence electrons. The Labute approximate surface area is 88.0 Å². The zero-order valence-electron chi connectivity index (χ0n) is 8.23. The summed E-state index contributed by atoms with van der Waals surface area (Å²) in [6.07, 6.45) is 1.18. The molecule has 1 aliphatic heterocycles. The van der Waals surface area contributed by atoms with Crippen molar-refractivity contribution in [3.05, 3.63) is 5.82 Å². The van der Waals surface area contributed by atoms with Crippen molar-refractivity contribution in [3.63, 3.8) is 0 Å². The Hall–Kier alpha value is -0.680. The third-order valence-electron chi connectivity index (χ3n) is 2.50. The molecule has 0 amide bonds. The molecule has 0 spiro atoms. The summed E-state index contributed by atoms with van der Waals surface area (Å²) in [4.78, 5) is 3.81. The largest absolute Gasteiger partial charge is 0.295 e. The van der Waals surface area contributed by atoms with Crippen LogP contribution >= 0.6 is 11.6 Å². The van der Waals surface area contributed by atoms with Crippen LogP contribution in [0.4, 0.5) is 0 Å². The molecule has 1 aliphatic rings. The first-order valence-electron chi connectivity index (χ1n) is 4.79. The summed E-state index contributed by atoms with van der Waals surface area (Å²) in [5.41, 5.74) is 0. The van der Waals surface area contributed by atoms with Gasteiger partial charge in [-0.05, 0) is 24.1 Å². The molecule has 1 atom stereocenters. The lowest BCUT2D eigenvalue weighted by atomic mass is 10.2. The number of likely N-dealkylation sites (tertiary alicyclic amines) is 1. The Morgan fingerprint density at radius 1 is 1.57 bits per heavy atom. The first-order valence-corrected chi connectivity index (χ1v) is 5.32. The number of hydrogen-bond donors (Lipinski definition) is 0. The molecule has 1 unspecified atom stereocenters. The van der Waals surface area contributed by atoms with Crippen molar-refractivity contribution >= 4 is 11.6 Å². The van der Waals surface area contributed by atoms with E-state index in [2.05, 4.69) is 20.3 Å². The highest BCUT2D eigenvalue weighted by Crippen LogP contribution is 2.18. The van der Waals surface area contributed by atoms with Crippen LogP contribution in [0.2, 0.25) is 0 Å². The van der Waals surface area contributed by atoms with Gasteiger partial charge in [0.25, 0.3) is 0 Å². The van der Waals surface area contributed by atoms with Crippen molar-refractivity contribution in [2.45, 2.75) is 13.0 Å². The fraction of sp³-hybridized carbons (Fsp3) is 0.875. The summed E-state index contributed by atoms with van der Waals surface area (Å²) in [5, 5.41) is 11.9. The van der Waals surface area contributed by atoms with Gasteiger partial charge in [-0.2, -0.15) is 4.80 Å². The average Bonchev–Trinajstić information content (AvgIpc) is 2.76. The molecule has 0 bridgehead atoms. The zero-order chi connectivity index (χ0) is 9.97. The Morgan fingerprint density at radius 3 is 3.00 bits per heavy atom. The predicted molar refractivity (Wildman–Crippen MR) is 52.9 cm³/mol. The summed E-state index contributed by atoms with van der Waals surface area (Å²) in [7, 11) is 1.78. The summed E-state index contributed by atoms with van der Waals surface area (Å²) in [6.45, 7) is 2.94. The Balaban J connectivity index is 1.87. The van der Waals surface area contributed by atoms with Crippen molar-refractivity contribution in [1.29, 1.82) is 0 Å². The van der Waals surface area contributed by atoms with Gasteiger partial charge in [0, 0.05) is 12.4 Å². The number of alkyl halides is 1. The van der Waals surface area contributed by atoms with E-state index >= 15 is 0 Å². The molecule has 1 saturated heterocycles. The lowest BCUT2D eigenvalue weighted by Gasteiger charge is -2.11. The fourth-order valence-electron chi connectivity index (χ4n) is 1.77. The van der Waals surface area contributed by atoms with Gasteiger partial charge in [0.1, 0.15) is 0 Å². The quantitative estimate of drug-likeness (QED) is 0.680. The molecule has 0 aliphatic carbocycles. The van der Waals surface area contributed by atoms with E-state index in [1.165, 1.54) is 11.2 Å². The second-order valence-corrected chi connectivity index (χ2v) is 4.05. The van der Waals surface area contributed by atoms with Crippen LogP contribution in [-0.4, -0.2) is 44.1 Å². The molecule has 1 aromatic rings. The van der Waals surface area contributed by atoms with Gasteiger partial charge in [-0.3, -0.25) is 4.90 Å². The first-order chi connectivity index (χ1) is 6.78. The minimum atomic E-state index is 0.633. The summed E-state index contributed by atoms with van der Waals surface area (Å²) in [6, 6.07) is 0. The van der Waals surface area contributed by atoms with Gasteiger partial charge in [-0.25, -0.2) is 0 Å². The summed E-state index contributed by atoms with van der Waals surface area (Å²) >= 11 is 5.81. The molecular formula is C8H14ClN5. The third-order valence-corrected chi connectivity index (χ3v) is 2.94. The smallest absolute Gasteiger partial charge is 0.188 e. The lowest BCUT2D eigenvalue weighted by molar-refractivity contribution is 0.312. The third kappa shape index (κ3) is 2.22. The Bertz CT molecular complexity index is 300. The number of hydrogen-bond acceptors (Lipinski definition) is 4. The number of aromatic nitrogens is 4. The number of nitrogens with zero attached hydrogens (tertiary/aromatic N) is 5. The number of aryl methyl sites for hydroxylation is 1. The molecule has 1 fully saturated rings. The highest BCUT2D eigenvalue weighted by Gasteiger charge is 2.22. The standard InChI is InChI=1S/C8H14ClN5/c1-13-11-8(10-12-13)6-14-3-2-7(4-9)5-14/h7H,2-6H2,1H3. The molecule has 0 aromatic carbocycles. The first kappa shape index (κ1) is 9.86. The van der Waals surface area contributed by atoms with Crippen molar-refractivity contribution < 1.29 is 0 Å². The molecule has 2 rings (SSSR count). The normalized spacial score (nSPS) is 23.1. The summed E-state index contributed by atoms with van der Waals surface area (Å²) < 4.78 is 0. The Morgan fingerprint density at radius 2 is 2.43 bits per heavy atom. The van der Waals surface area contributed by atoms with Crippen LogP contribution in [0, 0.1) is 5.92 Å². The highest BCUT2D eigenvalue weighted by molar-refractivity contribution is 6.18. The average molecular weight is 216 g/mol. The van der Waals surface area contributed by atoms with Crippen LogP contribution < -0.4 is 0 Å². The van der Waals surface area contributed by atoms with E-state index in [1.54, 1.807) is 7.05 Å². The molecule has 5 nitrogen and oxygen atoms in total. The van der Waals surface area contributed by atoms with E-state index in [9.17, 15) is 0 Å². The predicted octanol–water partition coefficient (Wildman–Crippen LogP) is 0.271. The van der Waals surface area contributed by atoms with Crippen molar-refractivity contribution in [2.24, 2.45) is 13.0 Å².